The van der Waals surface area contributed by atoms with Gasteiger partial charge in [-0.15, -0.1) is 0 Å². The van der Waals surface area contributed by atoms with Crippen LogP contribution in [0, 0.1) is 0 Å². The van der Waals surface area contributed by atoms with E-state index in [2.05, 4.69) is 15.3 Å². The molecule has 4 heterocycles. The molecule has 2 fully saturated rings. The molecule has 9 nitrogen and oxygen atoms in total. The summed E-state index contributed by atoms with van der Waals surface area (Å²) in [6, 6.07) is 0. The molecule has 0 aliphatic carbocycles. The molecule has 2 saturated heterocycles. The van der Waals surface area contributed by atoms with Crippen LogP contribution in [0.3, 0.4) is 0 Å². The zero-order valence-corrected chi connectivity index (χ0v) is 16.1. The normalized spacial score (nSPS) is 22.5. The molecule has 9 heteroatoms. The molecule has 2 amide bonds. The van der Waals surface area contributed by atoms with Gasteiger partial charge in [-0.2, -0.15) is 5.10 Å². The van der Waals surface area contributed by atoms with Crippen molar-refractivity contribution in [2.75, 3.05) is 26.2 Å². The van der Waals surface area contributed by atoms with Gasteiger partial charge in [0.25, 0.3) is 5.91 Å². The quantitative estimate of drug-likeness (QED) is 0.817. The first-order chi connectivity index (χ1) is 13.6. The lowest BCUT2D eigenvalue weighted by Gasteiger charge is -2.26. The third kappa shape index (κ3) is 3.84. The molecule has 0 bridgehead atoms. The van der Waals surface area contributed by atoms with Gasteiger partial charge < -0.3 is 15.0 Å². The van der Waals surface area contributed by atoms with Crippen molar-refractivity contribution >= 4 is 23.0 Å². The summed E-state index contributed by atoms with van der Waals surface area (Å²) >= 11 is 0. The van der Waals surface area contributed by atoms with Crippen molar-refractivity contribution in [3.8, 4) is 0 Å². The fourth-order valence-electron chi connectivity index (χ4n) is 4.02. The van der Waals surface area contributed by atoms with Crippen LogP contribution >= 0.6 is 0 Å². The lowest BCUT2D eigenvalue weighted by atomic mass is 10.0. The van der Waals surface area contributed by atoms with Crippen LogP contribution in [0.2, 0.25) is 0 Å². The minimum Gasteiger partial charge on any atom is -0.368 e. The molecule has 28 heavy (non-hydrogen) atoms. The average Bonchev–Trinajstić information content (AvgIpc) is 3.33. The zero-order valence-electron chi connectivity index (χ0n) is 16.1. The van der Waals surface area contributed by atoms with E-state index in [-0.39, 0.29) is 23.8 Å². The number of rotatable bonds is 5. The maximum Gasteiger partial charge on any atom is 0.251 e. The first-order valence-electron chi connectivity index (χ1n) is 9.95. The van der Waals surface area contributed by atoms with E-state index in [9.17, 15) is 9.59 Å². The van der Waals surface area contributed by atoms with Crippen LogP contribution in [0.25, 0.3) is 11.2 Å². The Morgan fingerprint density at radius 3 is 2.89 bits per heavy atom. The van der Waals surface area contributed by atoms with E-state index in [0.29, 0.717) is 38.4 Å². The van der Waals surface area contributed by atoms with Crippen LogP contribution in [0.15, 0.2) is 12.4 Å². The minimum atomic E-state index is -0.292. The topological polar surface area (TPSA) is 102 Å². The SMILES string of the molecule is CC(=O)NCCn1nc(C2CCN(C(=O)C3CCCCO3)C2)c2nccnc21. The summed E-state index contributed by atoms with van der Waals surface area (Å²) in [6.45, 7) is 4.52. The minimum absolute atomic E-state index is 0.0716. The van der Waals surface area contributed by atoms with Gasteiger partial charge in [-0.3, -0.25) is 9.59 Å². The highest BCUT2D eigenvalue weighted by molar-refractivity contribution is 5.81. The number of hydrogen-bond acceptors (Lipinski definition) is 6. The summed E-state index contributed by atoms with van der Waals surface area (Å²) in [4.78, 5) is 34.7. The van der Waals surface area contributed by atoms with E-state index in [4.69, 9.17) is 9.84 Å². The number of nitrogens with zero attached hydrogens (tertiary/aromatic N) is 5. The number of likely N-dealkylation sites (tertiary alicyclic amines) is 1. The van der Waals surface area contributed by atoms with Crippen molar-refractivity contribution in [3.63, 3.8) is 0 Å². The van der Waals surface area contributed by atoms with E-state index < -0.39 is 0 Å². The fourth-order valence-corrected chi connectivity index (χ4v) is 4.02. The molecule has 0 saturated carbocycles. The predicted molar refractivity (Wildman–Crippen MR) is 102 cm³/mol. The Labute approximate surface area is 163 Å². The molecule has 2 atom stereocenters. The molecule has 2 aromatic heterocycles. The second-order valence-electron chi connectivity index (χ2n) is 7.44. The Balaban J connectivity index is 1.49. The largest absolute Gasteiger partial charge is 0.368 e. The number of amides is 2. The van der Waals surface area contributed by atoms with Crippen LogP contribution in [0.5, 0.6) is 0 Å². The van der Waals surface area contributed by atoms with Gasteiger partial charge in [0, 0.05) is 51.5 Å². The van der Waals surface area contributed by atoms with Crippen molar-refractivity contribution in [1.29, 1.82) is 0 Å². The highest BCUT2D eigenvalue weighted by Gasteiger charge is 2.35. The number of hydrogen-bond donors (Lipinski definition) is 1. The van der Waals surface area contributed by atoms with Crippen LogP contribution in [0.4, 0.5) is 0 Å². The Kier molecular flexibility index (Phi) is 5.52. The van der Waals surface area contributed by atoms with Crippen molar-refractivity contribution < 1.29 is 14.3 Å². The number of nitrogens with one attached hydrogen (secondary N) is 1. The first kappa shape index (κ1) is 18.8. The Morgan fingerprint density at radius 2 is 2.11 bits per heavy atom. The Bertz CT molecular complexity index is 860. The van der Waals surface area contributed by atoms with Gasteiger partial charge in [-0.05, 0) is 25.7 Å². The number of fused-ring (bicyclic) bond motifs is 1. The number of aromatic nitrogens is 4. The molecule has 2 aliphatic rings. The van der Waals surface area contributed by atoms with E-state index in [1.165, 1.54) is 6.92 Å². The van der Waals surface area contributed by atoms with Gasteiger partial charge in [0.05, 0.1) is 12.2 Å². The van der Waals surface area contributed by atoms with Crippen molar-refractivity contribution in [3.05, 3.63) is 18.1 Å². The van der Waals surface area contributed by atoms with Gasteiger partial charge in [-0.1, -0.05) is 0 Å². The molecule has 2 unspecified atom stereocenters. The summed E-state index contributed by atoms with van der Waals surface area (Å²) in [6.07, 6.45) is 6.77. The summed E-state index contributed by atoms with van der Waals surface area (Å²) < 4.78 is 7.46. The molecule has 0 spiro atoms. The molecule has 0 aromatic carbocycles. The molecular weight excluding hydrogens is 360 g/mol. The molecule has 2 aliphatic heterocycles. The van der Waals surface area contributed by atoms with Gasteiger partial charge in [-0.25, -0.2) is 14.6 Å². The highest BCUT2D eigenvalue weighted by Crippen LogP contribution is 2.31. The number of ether oxygens (including phenoxy) is 1. The summed E-state index contributed by atoms with van der Waals surface area (Å²) in [5.74, 6) is 0.161. The highest BCUT2D eigenvalue weighted by atomic mass is 16.5. The number of carbonyl (C=O) groups excluding carboxylic acids is 2. The van der Waals surface area contributed by atoms with Gasteiger partial charge in [0.15, 0.2) is 5.65 Å². The molecule has 4 rings (SSSR count). The lowest BCUT2D eigenvalue weighted by molar-refractivity contribution is -0.145. The van der Waals surface area contributed by atoms with Crippen LogP contribution < -0.4 is 5.32 Å². The van der Waals surface area contributed by atoms with Gasteiger partial charge in [0.1, 0.15) is 11.6 Å². The Morgan fingerprint density at radius 1 is 1.25 bits per heavy atom. The standard InChI is InChI=1S/C19H26N6O3/c1-13(26)20-8-10-25-18-17(21-6-7-22-18)16(23-25)14-5-9-24(12-14)19(27)15-4-2-3-11-28-15/h6-7,14-15H,2-5,8-12H2,1H3,(H,20,26). The van der Waals surface area contributed by atoms with Crippen LogP contribution in [-0.2, 0) is 20.9 Å². The molecule has 0 radical (unpaired) electrons. The zero-order chi connectivity index (χ0) is 19.5. The monoisotopic (exact) mass is 386 g/mol. The van der Waals surface area contributed by atoms with E-state index in [1.807, 2.05) is 4.90 Å². The summed E-state index contributed by atoms with van der Waals surface area (Å²) in [5.41, 5.74) is 2.37. The summed E-state index contributed by atoms with van der Waals surface area (Å²) in [7, 11) is 0. The maximum absolute atomic E-state index is 12.8. The van der Waals surface area contributed by atoms with Crippen LogP contribution in [0.1, 0.15) is 44.2 Å². The first-order valence-corrected chi connectivity index (χ1v) is 9.95. The average molecular weight is 386 g/mol. The van der Waals surface area contributed by atoms with Crippen molar-refractivity contribution in [2.24, 2.45) is 0 Å². The second-order valence-corrected chi connectivity index (χ2v) is 7.44. The second kappa shape index (κ2) is 8.22. The predicted octanol–water partition coefficient (Wildman–Crippen LogP) is 0.847. The maximum atomic E-state index is 12.8. The van der Waals surface area contributed by atoms with Gasteiger partial charge >= 0.3 is 0 Å². The summed E-state index contributed by atoms with van der Waals surface area (Å²) in [5, 5.41) is 7.53. The van der Waals surface area contributed by atoms with Crippen molar-refractivity contribution in [1.82, 2.24) is 30.0 Å². The fraction of sp³-hybridized carbons (Fsp3) is 0.632. The number of carbonyl (C=O) groups is 2. The molecule has 1 N–H and O–H groups in total. The van der Waals surface area contributed by atoms with Crippen molar-refractivity contribution in [2.45, 2.75) is 51.2 Å². The molecule has 150 valence electrons. The molecular formula is C19H26N6O3. The van der Waals surface area contributed by atoms with E-state index in [0.717, 1.165) is 36.9 Å². The van der Waals surface area contributed by atoms with E-state index in [1.54, 1.807) is 17.1 Å². The lowest BCUT2D eigenvalue weighted by Crippen LogP contribution is -2.40. The third-order valence-electron chi connectivity index (χ3n) is 5.43. The smallest absolute Gasteiger partial charge is 0.251 e. The molecule has 2 aromatic rings. The third-order valence-corrected chi connectivity index (χ3v) is 5.43. The Hall–Kier alpha value is -2.55. The van der Waals surface area contributed by atoms with Gasteiger partial charge in [0.2, 0.25) is 5.91 Å². The van der Waals surface area contributed by atoms with E-state index >= 15 is 0 Å². The van der Waals surface area contributed by atoms with Crippen LogP contribution in [-0.4, -0.2) is 68.8 Å².